The van der Waals surface area contributed by atoms with Crippen LogP contribution in [0.1, 0.15) is 0 Å². The first-order valence-electron chi connectivity index (χ1n) is 17.4. The molecule has 0 bridgehead atoms. The Bertz CT molecular complexity index is 3130. The van der Waals surface area contributed by atoms with Gasteiger partial charge in [0.1, 0.15) is 11.2 Å². The Morgan fingerprint density at radius 3 is 1.61 bits per heavy atom. The molecular weight excluding hydrogens is 621 g/mol. The normalized spacial score (nSPS) is 11.9. The first-order chi connectivity index (χ1) is 25.3. The summed E-state index contributed by atoms with van der Waals surface area (Å²) in [5.74, 6) is 0. The van der Waals surface area contributed by atoms with E-state index in [4.69, 9.17) is 4.42 Å². The van der Waals surface area contributed by atoms with Crippen LogP contribution in [0.3, 0.4) is 0 Å². The fraction of sp³-hybridized carbons (Fsp3) is 0. The van der Waals surface area contributed by atoms with E-state index >= 15 is 0 Å². The van der Waals surface area contributed by atoms with E-state index < -0.39 is 0 Å². The number of hydrogen-bond donors (Lipinski definition) is 0. The summed E-state index contributed by atoms with van der Waals surface area (Å²) >= 11 is 0. The zero-order chi connectivity index (χ0) is 33.5. The van der Waals surface area contributed by atoms with E-state index in [2.05, 4.69) is 185 Å². The molecule has 0 fully saturated rings. The van der Waals surface area contributed by atoms with Crippen molar-refractivity contribution < 1.29 is 4.42 Å². The van der Waals surface area contributed by atoms with Gasteiger partial charge in [-0.2, -0.15) is 0 Å². The third kappa shape index (κ3) is 4.25. The molecule has 0 unspecified atom stereocenters. The van der Waals surface area contributed by atoms with Crippen LogP contribution in [0.5, 0.6) is 0 Å². The van der Waals surface area contributed by atoms with Crippen molar-refractivity contribution in [2.75, 3.05) is 0 Å². The third-order valence-electron chi connectivity index (χ3n) is 10.5. The van der Waals surface area contributed by atoms with Gasteiger partial charge in [0.25, 0.3) is 0 Å². The van der Waals surface area contributed by atoms with Crippen molar-refractivity contribution in [2.45, 2.75) is 0 Å². The minimum atomic E-state index is 0.896. The van der Waals surface area contributed by atoms with Gasteiger partial charge >= 0.3 is 0 Å². The Morgan fingerprint density at radius 2 is 0.824 bits per heavy atom. The van der Waals surface area contributed by atoms with Gasteiger partial charge in [-0.15, -0.1) is 0 Å². The molecule has 238 valence electrons. The number of rotatable bonds is 4. The van der Waals surface area contributed by atoms with E-state index in [1.54, 1.807) is 0 Å². The van der Waals surface area contributed by atoms with Gasteiger partial charge in [-0.05, 0) is 89.0 Å². The molecule has 0 spiro atoms. The van der Waals surface area contributed by atoms with Crippen LogP contribution in [0, 0.1) is 0 Å². The Kier molecular flexibility index (Phi) is 5.96. The Morgan fingerprint density at radius 1 is 0.275 bits per heavy atom. The predicted octanol–water partition coefficient (Wildman–Crippen LogP) is 13.1. The molecule has 0 saturated carbocycles. The van der Waals surface area contributed by atoms with E-state index in [1.807, 2.05) is 6.07 Å². The van der Waals surface area contributed by atoms with Crippen molar-refractivity contribution in [3.05, 3.63) is 182 Å². The molecule has 0 aliphatic rings. The van der Waals surface area contributed by atoms with Gasteiger partial charge in [0.2, 0.25) is 0 Å². The van der Waals surface area contributed by atoms with Crippen molar-refractivity contribution in [1.29, 1.82) is 0 Å². The molecule has 0 radical (unpaired) electrons. The van der Waals surface area contributed by atoms with Crippen LogP contribution in [-0.4, -0.2) is 9.13 Å². The van der Waals surface area contributed by atoms with Crippen LogP contribution in [0.25, 0.3) is 99.2 Å². The molecule has 0 N–H and O–H groups in total. The van der Waals surface area contributed by atoms with Gasteiger partial charge in [-0.3, -0.25) is 0 Å². The number of fused-ring (bicyclic) bond motifs is 9. The molecule has 8 aromatic carbocycles. The average Bonchev–Trinajstić information content (AvgIpc) is 3.84. The molecule has 11 rings (SSSR count). The fourth-order valence-electron chi connectivity index (χ4n) is 8.16. The zero-order valence-electron chi connectivity index (χ0n) is 27.6. The van der Waals surface area contributed by atoms with Crippen molar-refractivity contribution >= 4 is 65.6 Å². The van der Waals surface area contributed by atoms with E-state index in [0.717, 1.165) is 38.7 Å². The van der Waals surface area contributed by atoms with Gasteiger partial charge in [-0.1, -0.05) is 109 Å². The van der Waals surface area contributed by atoms with Crippen molar-refractivity contribution in [3.63, 3.8) is 0 Å². The maximum atomic E-state index is 6.43. The van der Waals surface area contributed by atoms with Crippen LogP contribution in [0.4, 0.5) is 0 Å². The maximum absolute atomic E-state index is 6.43. The minimum absolute atomic E-state index is 0.896. The smallest absolute Gasteiger partial charge is 0.137 e. The highest BCUT2D eigenvalue weighted by Crippen LogP contribution is 2.41. The van der Waals surface area contributed by atoms with Crippen molar-refractivity contribution in [3.8, 4) is 33.6 Å². The Balaban J connectivity index is 1.16. The molecule has 0 amide bonds. The average molecular weight is 651 g/mol. The summed E-state index contributed by atoms with van der Waals surface area (Å²) in [5, 5.41) is 7.19. The monoisotopic (exact) mass is 650 g/mol. The van der Waals surface area contributed by atoms with E-state index in [1.165, 1.54) is 60.5 Å². The summed E-state index contributed by atoms with van der Waals surface area (Å²) < 4.78 is 11.2. The number of aromatic nitrogens is 2. The molecule has 3 heteroatoms. The number of nitrogens with zero attached hydrogens (tertiary/aromatic N) is 2. The second-order valence-corrected chi connectivity index (χ2v) is 13.4. The molecule has 51 heavy (non-hydrogen) atoms. The Labute approximate surface area is 293 Å². The highest BCUT2D eigenvalue weighted by Gasteiger charge is 2.19. The van der Waals surface area contributed by atoms with Crippen molar-refractivity contribution in [1.82, 2.24) is 9.13 Å². The number of hydrogen-bond acceptors (Lipinski definition) is 1. The molecule has 3 nitrogen and oxygen atoms in total. The van der Waals surface area contributed by atoms with Crippen molar-refractivity contribution in [2.24, 2.45) is 0 Å². The standard InChI is InChI=1S/C48H30N2O/c1-3-12-31(13-4-1)32-14-11-17-36(26-32)50-45-25-23-34(28-40(45)41-29-42-38-19-8-10-21-47(38)51-48(42)30-46(41)50)33-22-24-44-39(27-33)37-18-7-9-20-43(37)49(44)35-15-5-2-6-16-35/h1-30H. The van der Waals surface area contributed by atoms with E-state index in [0.29, 0.717) is 0 Å². The molecular formula is C48H30N2O. The maximum Gasteiger partial charge on any atom is 0.137 e. The summed E-state index contributed by atoms with van der Waals surface area (Å²) in [6.45, 7) is 0. The lowest BCUT2D eigenvalue weighted by Gasteiger charge is -2.11. The Hall–Kier alpha value is -6.84. The molecule has 0 saturated heterocycles. The third-order valence-corrected chi connectivity index (χ3v) is 10.5. The summed E-state index contributed by atoms with van der Waals surface area (Å²) in [7, 11) is 0. The lowest BCUT2D eigenvalue weighted by Crippen LogP contribution is -1.94. The SMILES string of the molecule is c1ccc(-c2cccc(-n3c4ccc(-c5ccc6c(c5)c5ccccc5n6-c5ccccc5)cc4c4cc5c(cc43)oc3ccccc35)c2)cc1. The quantitative estimate of drug-likeness (QED) is 0.186. The highest BCUT2D eigenvalue weighted by molar-refractivity contribution is 6.18. The summed E-state index contributed by atoms with van der Waals surface area (Å²) in [5.41, 5.74) is 13.6. The van der Waals surface area contributed by atoms with Crippen LogP contribution in [-0.2, 0) is 0 Å². The van der Waals surface area contributed by atoms with Gasteiger partial charge in [0, 0.05) is 49.8 Å². The van der Waals surface area contributed by atoms with Crippen LogP contribution < -0.4 is 0 Å². The molecule has 3 heterocycles. The van der Waals surface area contributed by atoms with Crippen LogP contribution in [0.15, 0.2) is 186 Å². The fourth-order valence-corrected chi connectivity index (χ4v) is 8.16. The summed E-state index contributed by atoms with van der Waals surface area (Å²) in [6, 6.07) is 65.5. The predicted molar refractivity (Wildman–Crippen MR) is 213 cm³/mol. The van der Waals surface area contributed by atoms with E-state index in [9.17, 15) is 0 Å². The van der Waals surface area contributed by atoms with Crippen LogP contribution in [0.2, 0.25) is 0 Å². The lowest BCUT2D eigenvalue weighted by molar-refractivity contribution is 0.669. The van der Waals surface area contributed by atoms with Gasteiger partial charge < -0.3 is 13.6 Å². The molecule has 0 aliphatic heterocycles. The highest BCUT2D eigenvalue weighted by atomic mass is 16.3. The second kappa shape index (κ2) is 10.8. The zero-order valence-corrected chi connectivity index (χ0v) is 27.6. The van der Waals surface area contributed by atoms with Gasteiger partial charge in [0.05, 0.1) is 22.1 Å². The second-order valence-electron chi connectivity index (χ2n) is 13.4. The number of furan rings is 1. The largest absolute Gasteiger partial charge is 0.456 e. The van der Waals surface area contributed by atoms with Gasteiger partial charge in [0.15, 0.2) is 0 Å². The minimum Gasteiger partial charge on any atom is -0.456 e. The number of benzene rings is 8. The number of para-hydroxylation sites is 3. The van der Waals surface area contributed by atoms with E-state index in [-0.39, 0.29) is 0 Å². The molecule has 11 aromatic rings. The first kappa shape index (κ1) is 28.0. The topological polar surface area (TPSA) is 23.0 Å². The summed E-state index contributed by atoms with van der Waals surface area (Å²) in [4.78, 5) is 0. The molecule has 3 aromatic heterocycles. The lowest BCUT2D eigenvalue weighted by atomic mass is 10.00. The molecule has 0 atom stereocenters. The van der Waals surface area contributed by atoms with Gasteiger partial charge in [-0.25, -0.2) is 0 Å². The summed E-state index contributed by atoms with van der Waals surface area (Å²) in [6.07, 6.45) is 0. The molecule has 0 aliphatic carbocycles. The van der Waals surface area contributed by atoms with Crippen LogP contribution >= 0.6 is 0 Å². The first-order valence-corrected chi connectivity index (χ1v) is 17.4.